The van der Waals surface area contributed by atoms with Crippen LogP contribution in [0.25, 0.3) is 0 Å². The average Bonchev–Trinajstić information content (AvgIpc) is 2.79. The molecule has 2 amide bonds. The van der Waals surface area contributed by atoms with E-state index >= 15 is 0 Å². The molecule has 0 saturated heterocycles. The first kappa shape index (κ1) is 23.9. The molecular formula is C23H28N2O6. The predicted molar refractivity (Wildman–Crippen MR) is 114 cm³/mol. The number of aliphatic hydroxyl groups excluding tert-OH is 1. The van der Waals surface area contributed by atoms with Crippen LogP contribution >= 0.6 is 0 Å². The topological polar surface area (TPSA) is 114 Å². The van der Waals surface area contributed by atoms with Gasteiger partial charge in [-0.1, -0.05) is 74.5 Å². The summed E-state index contributed by atoms with van der Waals surface area (Å²) in [6.07, 6.45) is -0.856. The standard InChI is InChI=1S/C23H28N2O6/c1-16(2)20(22(28)30-14-17-9-5-3-6-10-17)25-21(27)19(13-26)24-23(29)31-15-18-11-7-4-8-12-18/h3-12,16,19-20,26H,13-15H2,1-2H3,(H,24,29)(H,25,27)/t19-,20+/m1/s1. The molecule has 31 heavy (non-hydrogen) atoms. The summed E-state index contributed by atoms with van der Waals surface area (Å²) in [5.74, 6) is -1.58. The Morgan fingerprint density at radius 3 is 1.84 bits per heavy atom. The summed E-state index contributed by atoms with van der Waals surface area (Å²) < 4.78 is 10.4. The quantitative estimate of drug-likeness (QED) is 0.500. The first-order valence-corrected chi connectivity index (χ1v) is 9.99. The molecular weight excluding hydrogens is 400 g/mol. The maximum absolute atomic E-state index is 12.5. The van der Waals surface area contributed by atoms with Crippen LogP contribution in [0.2, 0.25) is 0 Å². The number of nitrogens with one attached hydrogen (secondary N) is 2. The van der Waals surface area contributed by atoms with E-state index in [4.69, 9.17) is 9.47 Å². The lowest BCUT2D eigenvalue weighted by molar-refractivity contribution is -0.150. The molecule has 0 aliphatic heterocycles. The summed E-state index contributed by atoms with van der Waals surface area (Å²) in [5, 5.41) is 14.4. The summed E-state index contributed by atoms with van der Waals surface area (Å²) in [7, 11) is 0. The fraction of sp³-hybridized carbons (Fsp3) is 0.348. The minimum absolute atomic E-state index is 0.0207. The van der Waals surface area contributed by atoms with Crippen molar-refractivity contribution in [2.24, 2.45) is 5.92 Å². The van der Waals surface area contributed by atoms with Gasteiger partial charge in [0.05, 0.1) is 6.61 Å². The maximum Gasteiger partial charge on any atom is 0.408 e. The lowest BCUT2D eigenvalue weighted by atomic mass is 10.0. The van der Waals surface area contributed by atoms with Gasteiger partial charge in [0, 0.05) is 0 Å². The van der Waals surface area contributed by atoms with Crippen LogP contribution in [0.1, 0.15) is 25.0 Å². The number of alkyl carbamates (subject to hydrolysis) is 1. The molecule has 0 aromatic heterocycles. The number of carbonyl (C=O) groups excluding carboxylic acids is 3. The van der Waals surface area contributed by atoms with Crippen LogP contribution in [-0.2, 0) is 32.3 Å². The number of rotatable bonds is 10. The molecule has 8 heteroatoms. The van der Waals surface area contributed by atoms with Crippen molar-refractivity contribution in [2.45, 2.75) is 39.1 Å². The molecule has 0 aliphatic carbocycles. The van der Waals surface area contributed by atoms with Gasteiger partial charge in [0.25, 0.3) is 0 Å². The summed E-state index contributed by atoms with van der Waals surface area (Å²) in [6, 6.07) is 16.0. The minimum atomic E-state index is -1.27. The average molecular weight is 428 g/mol. The zero-order valence-electron chi connectivity index (χ0n) is 17.6. The van der Waals surface area contributed by atoms with Crippen molar-refractivity contribution in [1.82, 2.24) is 10.6 Å². The van der Waals surface area contributed by atoms with Crippen LogP contribution in [0.3, 0.4) is 0 Å². The molecule has 2 aromatic carbocycles. The van der Waals surface area contributed by atoms with Crippen molar-refractivity contribution in [3.05, 3.63) is 71.8 Å². The second-order valence-electron chi connectivity index (χ2n) is 7.26. The van der Waals surface area contributed by atoms with Crippen molar-refractivity contribution in [3.63, 3.8) is 0 Å². The number of esters is 1. The molecule has 0 heterocycles. The van der Waals surface area contributed by atoms with Gasteiger partial charge in [-0.05, 0) is 17.0 Å². The molecule has 8 nitrogen and oxygen atoms in total. The van der Waals surface area contributed by atoms with E-state index in [-0.39, 0.29) is 19.1 Å². The molecule has 0 aliphatic rings. The Kier molecular flexibility index (Phi) is 9.51. The maximum atomic E-state index is 12.5. The third-order valence-corrected chi connectivity index (χ3v) is 4.45. The number of hydrogen-bond acceptors (Lipinski definition) is 6. The van der Waals surface area contributed by atoms with Crippen LogP contribution in [-0.4, -0.2) is 41.8 Å². The normalized spacial score (nSPS) is 12.5. The minimum Gasteiger partial charge on any atom is -0.459 e. The van der Waals surface area contributed by atoms with Gasteiger partial charge in [-0.15, -0.1) is 0 Å². The molecule has 0 bridgehead atoms. The highest BCUT2D eigenvalue weighted by atomic mass is 16.5. The fourth-order valence-corrected chi connectivity index (χ4v) is 2.67. The molecule has 2 rings (SSSR count). The zero-order chi connectivity index (χ0) is 22.6. The van der Waals surface area contributed by atoms with Gasteiger partial charge in [-0.3, -0.25) is 4.79 Å². The number of hydrogen-bond donors (Lipinski definition) is 3. The van der Waals surface area contributed by atoms with Crippen molar-refractivity contribution in [3.8, 4) is 0 Å². The predicted octanol–water partition coefficient (Wildman–Crippen LogP) is 2.16. The molecule has 166 valence electrons. The van der Waals surface area contributed by atoms with E-state index in [1.54, 1.807) is 26.0 Å². The highest BCUT2D eigenvalue weighted by Crippen LogP contribution is 2.08. The zero-order valence-corrected chi connectivity index (χ0v) is 17.6. The van der Waals surface area contributed by atoms with E-state index in [1.165, 1.54) is 0 Å². The fourth-order valence-electron chi connectivity index (χ4n) is 2.67. The van der Waals surface area contributed by atoms with Crippen molar-refractivity contribution >= 4 is 18.0 Å². The van der Waals surface area contributed by atoms with E-state index in [9.17, 15) is 19.5 Å². The molecule has 0 radical (unpaired) electrons. The molecule has 2 atom stereocenters. The first-order valence-electron chi connectivity index (χ1n) is 9.99. The van der Waals surface area contributed by atoms with E-state index < -0.39 is 36.7 Å². The Morgan fingerprint density at radius 2 is 1.35 bits per heavy atom. The first-order chi connectivity index (χ1) is 14.9. The molecule has 0 unspecified atom stereocenters. The summed E-state index contributed by atoms with van der Waals surface area (Å²) in [5.41, 5.74) is 1.60. The van der Waals surface area contributed by atoms with Gasteiger partial charge in [0.1, 0.15) is 25.3 Å². The highest BCUT2D eigenvalue weighted by molar-refractivity contribution is 5.89. The Balaban J connectivity index is 1.88. The number of benzene rings is 2. The third kappa shape index (κ3) is 8.10. The Labute approximate surface area is 181 Å². The molecule has 0 spiro atoms. The van der Waals surface area contributed by atoms with Gasteiger partial charge in [-0.25, -0.2) is 9.59 Å². The van der Waals surface area contributed by atoms with Crippen molar-refractivity contribution < 1.29 is 29.0 Å². The van der Waals surface area contributed by atoms with E-state index in [0.29, 0.717) is 0 Å². The second-order valence-corrected chi connectivity index (χ2v) is 7.26. The van der Waals surface area contributed by atoms with Gasteiger partial charge in [0.2, 0.25) is 5.91 Å². The van der Waals surface area contributed by atoms with Crippen molar-refractivity contribution in [1.29, 1.82) is 0 Å². The lowest BCUT2D eigenvalue weighted by Crippen LogP contribution is -2.54. The van der Waals surface area contributed by atoms with Gasteiger partial charge >= 0.3 is 12.1 Å². The summed E-state index contributed by atoms with van der Waals surface area (Å²) in [4.78, 5) is 37.0. The largest absolute Gasteiger partial charge is 0.459 e. The Bertz CT molecular complexity index is 842. The van der Waals surface area contributed by atoms with Crippen LogP contribution in [0.4, 0.5) is 4.79 Å². The van der Waals surface area contributed by atoms with Crippen LogP contribution < -0.4 is 10.6 Å². The van der Waals surface area contributed by atoms with E-state index in [0.717, 1.165) is 11.1 Å². The highest BCUT2D eigenvalue weighted by Gasteiger charge is 2.29. The van der Waals surface area contributed by atoms with E-state index in [2.05, 4.69) is 10.6 Å². The second kappa shape index (κ2) is 12.3. The van der Waals surface area contributed by atoms with Crippen LogP contribution in [0.5, 0.6) is 0 Å². The molecule has 2 aromatic rings. The summed E-state index contributed by atoms with van der Waals surface area (Å²) in [6.45, 7) is 2.95. The lowest BCUT2D eigenvalue weighted by Gasteiger charge is -2.23. The van der Waals surface area contributed by atoms with Crippen LogP contribution in [0.15, 0.2) is 60.7 Å². The van der Waals surface area contributed by atoms with Gasteiger partial charge in [-0.2, -0.15) is 0 Å². The number of amides is 2. The van der Waals surface area contributed by atoms with E-state index in [1.807, 2.05) is 48.5 Å². The molecule has 0 fully saturated rings. The van der Waals surface area contributed by atoms with Gasteiger partial charge < -0.3 is 25.2 Å². The third-order valence-electron chi connectivity index (χ3n) is 4.45. The van der Waals surface area contributed by atoms with Crippen molar-refractivity contribution in [2.75, 3.05) is 6.61 Å². The smallest absolute Gasteiger partial charge is 0.408 e. The number of aliphatic hydroxyl groups is 1. The molecule has 0 saturated carbocycles. The summed E-state index contributed by atoms with van der Waals surface area (Å²) >= 11 is 0. The SMILES string of the molecule is CC(C)[C@H](NC(=O)[C@@H](CO)NC(=O)OCc1ccccc1)C(=O)OCc1ccccc1. The number of ether oxygens (including phenoxy) is 2. The monoisotopic (exact) mass is 428 g/mol. The Hall–Kier alpha value is -3.39. The molecule has 3 N–H and O–H groups in total. The van der Waals surface area contributed by atoms with Gasteiger partial charge in [0.15, 0.2) is 0 Å². The number of carbonyl (C=O) groups is 3. The van der Waals surface area contributed by atoms with Crippen LogP contribution in [0, 0.1) is 5.92 Å². The Morgan fingerprint density at radius 1 is 0.839 bits per heavy atom.